The predicted molar refractivity (Wildman–Crippen MR) is 61.3 cm³/mol. The Morgan fingerprint density at radius 1 is 1.59 bits per heavy atom. The molecule has 0 unspecified atom stereocenters. The van der Waals surface area contributed by atoms with Crippen LogP contribution in [0.4, 0.5) is 4.39 Å². The molecule has 1 amide bonds. The van der Waals surface area contributed by atoms with E-state index >= 15 is 0 Å². The Kier molecular flexibility index (Phi) is 3.28. The van der Waals surface area contributed by atoms with Gasteiger partial charge in [0.25, 0.3) is 5.91 Å². The first-order valence-corrected chi connectivity index (χ1v) is 5.47. The Hall–Kier alpha value is -1.62. The number of amides is 1. The van der Waals surface area contributed by atoms with Gasteiger partial charge in [0.2, 0.25) is 0 Å². The minimum atomic E-state index is -0.718. The molecule has 1 saturated carbocycles. The van der Waals surface area contributed by atoms with Gasteiger partial charge in [-0.15, -0.1) is 0 Å². The molecule has 1 fully saturated rings. The van der Waals surface area contributed by atoms with Crippen LogP contribution in [0.3, 0.4) is 0 Å². The zero-order valence-corrected chi connectivity index (χ0v) is 9.54. The van der Waals surface area contributed by atoms with Crippen molar-refractivity contribution in [2.24, 2.45) is 5.16 Å². The van der Waals surface area contributed by atoms with Crippen molar-refractivity contribution >= 4 is 23.7 Å². The van der Waals surface area contributed by atoms with Crippen LogP contribution in [-0.4, -0.2) is 23.4 Å². The summed E-state index contributed by atoms with van der Waals surface area (Å²) < 4.78 is 13.4. The first-order valence-electron chi connectivity index (χ1n) is 5.09. The third-order valence-corrected chi connectivity index (χ3v) is 2.80. The average molecular weight is 257 g/mol. The topological polar surface area (TPSA) is 61.7 Å². The van der Waals surface area contributed by atoms with Crippen LogP contribution in [0.15, 0.2) is 17.3 Å². The summed E-state index contributed by atoms with van der Waals surface area (Å²) in [5.41, 5.74) is 0.323. The number of nitrogens with zero attached hydrogens (tertiary/aromatic N) is 1. The van der Waals surface area contributed by atoms with Gasteiger partial charge in [0, 0.05) is 6.04 Å². The van der Waals surface area contributed by atoms with Gasteiger partial charge >= 0.3 is 0 Å². The van der Waals surface area contributed by atoms with Crippen LogP contribution in [0.25, 0.3) is 0 Å². The standard InChI is InChI=1S/C11H10ClFN2O2/c12-10-8(11(16)15-7-1-2-7)3-6(5-14-17)4-9(10)13/h3-5,7,17H,1-2H2,(H,15,16). The van der Waals surface area contributed by atoms with E-state index in [1.165, 1.54) is 6.07 Å². The van der Waals surface area contributed by atoms with Gasteiger partial charge in [0.15, 0.2) is 0 Å². The molecule has 1 aliphatic rings. The second kappa shape index (κ2) is 4.71. The van der Waals surface area contributed by atoms with E-state index < -0.39 is 11.7 Å². The highest BCUT2D eigenvalue weighted by atomic mass is 35.5. The monoisotopic (exact) mass is 256 g/mol. The summed E-state index contributed by atoms with van der Waals surface area (Å²) in [6, 6.07) is 2.63. The molecule has 1 aliphatic carbocycles. The largest absolute Gasteiger partial charge is 0.411 e. The van der Waals surface area contributed by atoms with Crippen LogP contribution < -0.4 is 5.32 Å². The smallest absolute Gasteiger partial charge is 0.253 e. The summed E-state index contributed by atoms with van der Waals surface area (Å²) in [6.07, 6.45) is 2.90. The minimum Gasteiger partial charge on any atom is -0.411 e. The second-order valence-corrected chi connectivity index (χ2v) is 4.23. The summed E-state index contributed by atoms with van der Waals surface area (Å²) in [5.74, 6) is -1.13. The molecule has 0 heterocycles. The first kappa shape index (κ1) is 11.9. The Bertz CT molecular complexity index is 487. The Balaban J connectivity index is 2.32. The fourth-order valence-electron chi connectivity index (χ4n) is 1.41. The van der Waals surface area contributed by atoms with Gasteiger partial charge in [-0.1, -0.05) is 16.8 Å². The zero-order valence-electron chi connectivity index (χ0n) is 8.78. The lowest BCUT2D eigenvalue weighted by atomic mass is 10.1. The highest BCUT2D eigenvalue weighted by molar-refractivity contribution is 6.34. The van der Waals surface area contributed by atoms with Crippen molar-refractivity contribution in [2.45, 2.75) is 18.9 Å². The summed E-state index contributed by atoms with van der Waals surface area (Å²) >= 11 is 5.72. The normalized spacial score (nSPS) is 15.2. The van der Waals surface area contributed by atoms with Crippen LogP contribution >= 0.6 is 11.6 Å². The van der Waals surface area contributed by atoms with Crippen molar-refractivity contribution < 1.29 is 14.4 Å². The highest BCUT2D eigenvalue weighted by Crippen LogP contribution is 2.24. The predicted octanol–water partition coefficient (Wildman–Crippen LogP) is 2.18. The van der Waals surface area contributed by atoms with Crippen molar-refractivity contribution in [1.29, 1.82) is 0 Å². The number of benzene rings is 1. The van der Waals surface area contributed by atoms with Gasteiger partial charge in [0.1, 0.15) is 5.82 Å². The van der Waals surface area contributed by atoms with Crippen LogP contribution in [-0.2, 0) is 0 Å². The highest BCUT2D eigenvalue weighted by Gasteiger charge is 2.25. The van der Waals surface area contributed by atoms with E-state index in [1.807, 2.05) is 0 Å². The first-order chi connectivity index (χ1) is 8.11. The quantitative estimate of drug-likeness (QED) is 0.495. The minimum absolute atomic E-state index is 0.0495. The van der Waals surface area contributed by atoms with Gasteiger partial charge in [-0.05, 0) is 30.5 Å². The van der Waals surface area contributed by atoms with Crippen molar-refractivity contribution in [2.75, 3.05) is 0 Å². The second-order valence-electron chi connectivity index (χ2n) is 3.86. The van der Waals surface area contributed by atoms with Crippen molar-refractivity contribution in [3.8, 4) is 0 Å². The number of rotatable bonds is 3. The van der Waals surface area contributed by atoms with Crippen LogP contribution in [0.1, 0.15) is 28.8 Å². The third-order valence-electron chi connectivity index (χ3n) is 2.41. The van der Waals surface area contributed by atoms with E-state index in [1.54, 1.807) is 0 Å². The molecule has 2 rings (SSSR count). The summed E-state index contributed by atoms with van der Waals surface area (Å²) in [6.45, 7) is 0. The van der Waals surface area contributed by atoms with Gasteiger partial charge in [-0.3, -0.25) is 4.79 Å². The van der Waals surface area contributed by atoms with Gasteiger partial charge in [0.05, 0.1) is 16.8 Å². The van der Waals surface area contributed by atoms with Crippen LogP contribution in [0.5, 0.6) is 0 Å². The number of carbonyl (C=O) groups is 1. The molecule has 0 aromatic heterocycles. The van der Waals surface area contributed by atoms with E-state index in [0.717, 1.165) is 25.1 Å². The molecule has 0 saturated heterocycles. The fourth-order valence-corrected chi connectivity index (χ4v) is 1.60. The molecular formula is C11H10ClFN2O2. The number of hydrogen-bond acceptors (Lipinski definition) is 3. The SMILES string of the molecule is O=C(NC1CC1)c1cc(C=NO)cc(F)c1Cl. The number of nitrogens with one attached hydrogen (secondary N) is 1. The molecule has 0 radical (unpaired) electrons. The number of hydrogen-bond donors (Lipinski definition) is 2. The summed E-state index contributed by atoms with van der Waals surface area (Å²) in [4.78, 5) is 11.8. The fraction of sp³-hybridized carbons (Fsp3) is 0.273. The van der Waals surface area contributed by atoms with E-state index in [0.29, 0.717) is 0 Å². The van der Waals surface area contributed by atoms with Crippen molar-refractivity contribution in [3.05, 3.63) is 34.1 Å². The maximum atomic E-state index is 13.4. The van der Waals surface area contributed by atoms with Gasteiger partial charge in [-0.2, -0.15) is 0 Å². The van der Waals surface area contributed by atoms with E-state index in [4.69, 9.17) is 16.8 Å². The Morgan fingerprint density at radius 3 is 2.88 bits per heavy atom. The number of oxime groups is 1. The van der Waals surface area contributed by atoms with Crippen LogP contribution in [0, 0.1) is 5.82 Å². The molecule has 1 aromatic carbocycles. The average Bonchev–Trinajstić information content (AvgIpc) is 3.07. The van der Waals surface area contributed by atoms with E-state index in [9.17, 15) is 9.18 Å². The zero-order chi connectivity index (χ0) is 12.4. The van der Waals surface area contributed by atoms with Crippen molar-refractivity contribution in [3.63, 3.8) is 0 Å². The molecule has 6 heteroatoms. The molecular weight excluding hydrogens is 247 g/mol. The molecule has 4 nitrogen and oxygen atoms in total. The number of halogens is 2. The maximum absolute atomic E-state index is 13.4. The maximum Gasteiger partial charge on any atom is 0.253 e. The van der Waals surface area contributed by atoms with Crippen LogP contribution in [0.2, 0.25) is 5.02 Å². The Labute approximate surface area is 102 Å². The van der Waals surface area contributed by atoms with Crippen molar-refractivity contribution in [1.82, 2.24) is 5.32 Å². The number of carbonyl (C=O) groups excluding carboxylic acids is 1. The van der Waals surface area contributed by atoms with Gasteiger partial charge in [-0.25, -0.2) is 4.39 Å². The molecule has 1 aromatic rings. The molecule has 90 valence electrons. The van der Waals surface area contributed by atoms with E-state index in [-0.39, 0.29) is 22.2 Å². The Morgan fingerprint density at radius 2 is 2.29 bits per heavy atom. The molecule has 0 spiro atoms. The lowest BCUT2D eigenvalue weighted by Gasteiger charge is -2.07. The third kappa shape index (κ3) is 2.74. The lowest BCUT2D eigenvalue weighted by Crippen LogP contribution is -2.26. The molecule has 2 N–H and O–H groups in total. The summed E-state index contributed by atoms with van der Waals surface area (Å²) in [7, 11) is 0. The molecule has 0 aliphatic heterocycles. The lowest BCUT2D eigenvalue weighted by molar-refractivity contribution is 0.0950. The van der Waals surface area contributed by atoms with Gasteiger partial charge < -0.3 is 10.5 Å². The molecule has 0 atom stereocenters. The molecule has 17 heavy (non-hydrogen) atoms. The molecule has 0 bridgehead atoms. The van der Waals surface area contributed by atoms with E-state index in [2.05, 4.69) is 10.5 Å². The summed E-state index contributed by atoms with van der Waals surface area (Å²) in [5, 5.41) is 13.6.